The van der Waals surface area contributed by atoms with Crippen LogP contribution in [0.1, 0.15) is 38.7 Å². The predicted octanol–water partition coefficient (Wildman–Crippen LogP) is 3.01. The number of carbonyl (C=O) groups excluding carboxylic acids is 1. The molecule has 0 saturated carbocycles. The fourth-order valence-corrected chi connectivity index (χ4v) is 1.61. The van der Waals surface area contributed by atoms with Crippen molar-refractivity contribution in [2.45, 2.75) is 33.1 Å². The second kappa shape index (κ2) is 8.05. The zero-order chi connectivity index (χ0) is 12.6. The van der Waals surface area contributed by atoms with Crippen LogP contribution in [0.25, 0.3) is 0 Å². The van der Waals surface area contributed by atoms with Crippen LogP contribution in [0.3, 0.4) is 0 Å². The minimum atomic E-state index is 0.171. The van der Waals surface area contributed by atoms with Gasteiger partial charge in [0, 0.05) is 13.0 Å². The average molecular weight is 222 g/mol. The Hall–Kier alpha value is -1.15. The van der Waals surface area contributed by atoms with Crippen molar-refractivity contribution >= 4 is 5.78 Å². The van der Waals surface area contributed by atoms with E-state index in [9.17, 15) is 4.79 Å². The van der Waals surface area contributed by atoms with Gasteiger partial charge >= 0.3 is 0 Å². The molecule has 2 atom stereocenters. The zero-order valence-corrected chi connectivity index (χ0v) is 10.6. The first-order chi connectivity index (χ1) is 7.61. The summed E-state index contributed by atoms with van der Waals surface area (Å²) < 4.78 is 0. The number of benzene rings is 1. The van der Waals surface area contributed by atoms with E-state index in [1.54, 1.807) is 6.92 Å². The van der Waals surface area contributed by atoms with Crippen molar-refractivity contribution in [3.8, 4) is 0 Å². The number of aliphatic hydroxyl groups excluding tert-OH is 1. The van der Waals surface area contributed by atoms with Gasteiger partial charge in [0.15, 0.2) is 0 Å². The number of rotatable bonds is 4. The van der Waals surface area contributed by atoms with Crippen LogP contribution in [-0.4, -0.2) is 18.0 Å². The van der Waals surface area contributed by atoms with E-state index < -0.39 is 0 Å². The highest BCUT2D eigenvalue weighted by atomic mass is 16.2. The molecule has 1 aromatic rings. The van der Waals surface area contributed by atoms with Gasteiger partial charge in [-0.1, -0.05) is 44.2 Å². The molecule has 0 aliphatic carbocycles. The number of ketones is 1. The molecule has 0 aliphatic heterocycles. The summed E-state index contributed by atoms with van der Waals surface area (Å²) in [5.41, 5.74) is 1.32. The minimum absolute atomic E-state index is 0.171. The van der Waals surface area contributed by atoms with Gasteiger partial charge in [-0.2, -0.15) is 0 Å². The molecule has 0 radical (unpaired) electrons. The number of Topliss-reactive ketones (excluding diaryl/α,β-unsaturated/α-hetero) is 1. The summed E-state index contributed by atoms with van der Waals surface area (Å²) in [6, 6.07) is 10.4. The van der Waals surface area contributed by atoms with E-state index in [4.69, 9.17) is 5.11 Å². The van der Waals surface area contributed by atoms with Crippen LogP contribution < -0.4 is 0 Å². The molecule has 0 spiro atoms. The van der Waals surface area contributed by atoms with Crippen LogP contribution in [-0.2, 0) is 4.79 Å². The summed E-state index contributed by atoms with van der Waals surface area (Å²) in [6.45, 7) is 5.85. The van der Waals surface area contributed by atoms with Gasteiger partial charge in [0.05, 0.1) is 0 Å². The zero-order valence-electron chi connectivity index (χ0n) is 10.6. The smallest absolute Gasteiger partial charge is 0.132 e. The first kappa shape index (κ1) is 14.8. The quantitative estimate of drug-likeness (QED) is 0.850. The third kappa shape index (κ3) is 5.08. The van der Waals surface area contributed by atoms with Crippen LogP contribution in [0.5, 0.6) is 0 Å². The first-order valence-electron chi connectivity index (χ1n) is 5.61. The molecule has 0 aliphatic rings. The van der Waals surface area contributed by atoms with E-state index in [-0.39, 0.29) is 11.7 Å². The van der Waals surface area contributed by atoms with Gasteiger partial charge in [-0.3, -0.25) is 4.79 Å². The summed E-state index contributed by atoms with van der Waals surface area (Å²) in [5.74, 6) is 0.924. The molecule has 2 unspecified atom stereocenters. The minimum Gasteiger partial charge on any atom is -0.400 e. The normalized spacial score (nSPS) is 13.3. The third-order valence-electron chi connectivity index (χ3n) is 2.77. The van der Waals surface area contributed by atoms with Crippen LogP contribution in [0.4, 0.5) is 0 Å². The Morgan fingerprint density at radius 3 is 2.12 bits per heavy atom. The van der Waals surface area contributed by atoms with Gasteiger partial charge in [0.25, 0.3) is 0 Å². The van der Waals surface area contributed by atoms with E-state index in [0.29, 0.717) is 5.92 Å². The molecule has 0 amide bonds. The molecule has 1 rings (SSSR count). The molecule has 2 nitrogen and oxygen atoms in total. The fourth-order valence-electron chi connectivity index (χ4n) is 1.61. The highest BCUT2D eigenvalue weighted by Crippen LogP contribution is 2.23. The van der Waals surface area contributed by atoms with Crippen molar-refractivity contribution in [1.29, 1.82) is 0 Å². The summed E-state index contributed by atoms with van der Waals surface area (Å²) in [5, 5.41) is 7.00. The van der Waals surface area contributed by atoms with Crippen molar-refractivity contribution in [2.75, 3.05) is 7.11 Å². The standard InChI is InChI=1S/C13H18O.CH4O/c1-10(12(3)14)9-11(2)13-7-5-4-6-8-13;1-2/h4-8,10-11H,9H2,1-3H3;2H,1H3. The molecular weight excluding hydrogens is 200 g/mol. The van der Waals surface area contributed by atoms with E-state index in [1.807, 2.05) is 25.1 Å². The van der Waals surface area contributed by atoms with Crippen molar-refractivity contribution in [2.24, 2.45) is 5.92 Å². The summed E-state index contributed by atoms with van der Waals surface area (Å²) in [6.07, 6.45) is 0.944. The monoisotopic (exact) mass is 222 g/mol. The lowest BCUT2D eigenvalue weighted by Gasteiger charge is -2.15. The molecule has 16 heavy (non-hydrogen) atoms. The van der Waals surface area contributed by atoms with Gasteiger partial charge < -0.3 is 5.11 Å². The second-order valence-corrected chi connectivity index (χ2v) is 4.06. The Balaban J connectivity index is 0.00000106. The average Bonchev–Trinajstić information content (AvgIpc) is 2.32. The molecule has 0 fully saturated rings. The molecule has 0 heterocycles. The highest BCUT2D eigenvalue weighted by molar-refractivity contribution is 5.77. The molecule has 1 N–H and O–H groups in total. The van der Waals surface area contributed by atoms with Crippen LogP contribution in [0, 0.1) is 5.92 Å². The Kier molecular flexibility index (Phi) is 7.48. The molecule has 0 bridgehead atoms. The van der Waals surface area contributed by atoms with E-state index in [1.165, 1.54) is 5.56 Å². The molecule has 90 valence electrons. The lowest BCUT2D eigenvalue weighted by atomic mass is 9.89. The van der Waals surface area contributed by atoms with Gasteiger partial charge in [-0.15, -0.1) is 0 Å². The second-order valence-electron chi connectivity index (χ2n) is 4.06. The summed E-state index contributed by atoms with van der Waals surface area (Å²) in [4.78, 5) is 11.1. The van der Waals surface area contributed by atoms with Crippen molar-refractivity contribution in [3.05, 3.63) is 35.9 Å². The van der Waals surface area contributed by atoms with Crippen LogP contribution in [0.15, 0.2) is 30.3 Å². The molecule has 0 aromatic heterocycles. The Bertz CT molecular complexity index is 293. The molecular formula is C14H22O2. The van der Waals surface area contributed by atoms with Crippen molar-refractivity contribution in [3.63, 3.8) is 0 Å². The highest BCUT2D eigenvalue weighted by Gasteiger charge is 2.13. The van der Waals surface area contributed by atoms with E-state index in [2.05, 4.69) is 19.1 Å². The Morgan fingerprint density at radius 2 is 1.69 bits per heavy atom. The largest absolute Gasteiger partial charge is 0.400 e. The van der Waals surface area contributed by atoms with Gasteiger partial charge in [0.1, 0.15) is 5.78 Å². The predicted molar refractivity (Wildman–Crippen MR) is 67.5 cm³/mol. The van der Waals surface area contributed by atoms with Crippen LogP contribution >= 0.6 is 0 Å². The first-order valence-corrected chi connectivity index (χ1v) is 5.61. The molecule has 1 aromatic carbocycles. The Labute approximate surface area is 98.3 Å². The number of hydrogen-bond donors (Lipinski definition) is 1. The van der Waals surface area contributed by atoms with E-state index >= 15 is 0 Å². The van der Waals surface area contributed by atoms with E-state index in [0.717, 1.165) is 13.5 Å². The maximum absolute atomic E-state index is 11.1. The SMILES string of the molecule is CC(=O)C(C)CC(C)c1ccccc1.CO. The summed E-state index contributed by atoms with van der Waals surface area (Å²) in [7, 11) is 1.00. The van der Waals surface area contributed by atoms with Crippen molar-refractivity contribution < 1.29 is 9.90 Å². The molecule has 2 heteroatoms. The number of carbonyl (C=O) groups is 1. The van der Waals surface area contributed by atoms with Gasteiger partial charge in [0.2, 0.25) is 0 Å². The molecule has 0 saturated heterocycles. The lowest BCUT2D eigenvalue weighted by molar-refractivity contribution is -0.120. The number of aliphatic hydroxyl groups is 1. The lowest BCUT2D eigenvalue weighted by Crippen LogP contribution is -2.09. The maximum atomic E-state index is 11.1. The fraction of sp³-hybridized carbons (Fsp3) is 0.500. The third-order valence-corrected chi connectivity index (χ3v) is 2.77. The van der Waals surface area contributed by atoms with Gasteiger partial charge in [-0.25, -0.2) is 0 Å². The maximum Gasteiger partial charge on any atom is 0.132 e. The van der Waals surface area contributed by atoms with Crippen LogP contribution in [0.2, 0.25) is 0 Å². The Morgan fingerprint density at radius 1 is 1.19 bits per heavy atom. The topological polar surface area (TPSA) is 37.3 Å². The van der Waals surface area contributed by atoms with Gasteiger partial charge in [-0.05, 0) is 24.8 Å². The van der Waals surface area contributed by atoms with Crippen molar-refractivity contribution in [1.82, 2.24) is 0 Å². The number of hydrogen-bond acceptors (Lipinski definition) is 2. The summed E-state index contributed by atoms with van der Waals surface area (Å²) >= 11 is 0.